The van der Waals surface area contributed by atoms with Gasteiger partial charge in [0.25, 0.3) is 0 Å². The lowest BCUT2D eigenvalue weighted by atomic mass is 10.0. The van der Waals surface area contributed by atoms with Crippen molar-refractivity contribution in [1.82, 2.24) is 5.32 Å². The lowest BCUT2D eigenvalue weighted by molar-refractivity contribution is -0.144. The topological polar surface area (TPSA) is 86.7 Å². The van der Waals surface area contributed by atoms with Crippen molar-refractivity contribution in [2.24, 2.45) is 11.8 Å². The molecule has 2 N–H and O–H groups in total. The van der Waals surface area contributed by atoms with Crippen molar-refractivity contribution in [2.75, 3.05) is 11.4 Å². The van der Waals surface area contributed by atoms with E-state index >= 15 is 0 Å². The minimum absolute atomic E-state index is 0.286. The van der Waals surface area contributed by atoms with Crippen LogP contribution in [0.5, 0.6) is 0 Å². The number of carboxylic acids is 1. The highest BCUT2D eigenvalue weighted by Gasteiger charge is 2.39. The maximum atomic E-state index is 12.5. The normalized spacial score (nSPS) is 18.8. The van der Waals surface area contributed by atoms with Crippen LogP contribution in [0.4, 0.5) is 5.69 Å². The third-order valence-corrected chi connectivity index (χ3v) is 4.35. The van der Waals surface area contributed by atoms with Crippen LogP contribution >= 0.6 is 23.2 Å². The molecule has 1 fully saturated rings. The predicted molar refractivity (Wildman–Crippen MR) is 91.3 cm³/mol. The van der Waals surface area contributed by atoms with Gasteiger partial charge in [-0.2, -0.15) is 0 Å². The number of benzene rings is 1. The first-order valence-electron chi connectivity index (χ1n) is 7.51. The van der Waals surface area contributed by atoms with E-state index in [0.29, 0.717) is 28.7 Å². The number of nitrogens with one attached hydrogen (secondary N) is 1. The summed E-state index contributed by atoms with van der Waals surface area (Å²) in [6, 6.07) is 3.72. The Hall–Kier alpha value is -1.79. The summed E-state index contributed by atoms with van der Waals surface area (Å²) < 4.78 is 0. The van der Waals surface area contributed by atoms with Gasteiger partial charge in [-0.25, -0.2) is 4.79 Å². The summed E-state index contributed by atoms with van der Waals surface area (Å²) in [6.07, 6.45) is 0.305. The summed E-state index contributed by atoms with van der Waals surface area (Å²) in [5.41, 5.74) is 0.520. The Bertz CT molecular complexity index is 658. The smallest absolute Gasteiger partial charge is 0.326 e. The second-order valence-corrected chi connectivity index (χ2v) is 6.90. The minimum Gasteiger partial charge on any atom is -0.480 e. The molecule has 0 spiro atoms. The highest BCUT2D eigenvalue weighted by Crippen LogP contribution is 2.30. The molecule has 1 aliphatic heterocycles. The van der Waals surface area contributed by atoms with E-state index in [-0.39, 0.29) is 5.92 Å². The predicted octanol–water partition coefficient (Wildman–Crippen LogP) is 2.57. The van der Waals surface area contributed by atoms with Gasteiger partial charge in [-0.15, -0.1) is 0 Å². The number of amides is 2. The molecule has 0 saturated carbocycles. The zero-order valence-electron chi connectivity index (χ0n) is 13.3. The summed E-state index contributed by atoms with van der Waals surface area (Å²) in [4.78, 5) is 37.5. The molecule has 2 atom stereocenters. The first kappa shape index (κ1) is 18.5. The first-order chi connectivity index (χ1) is 11.2. The van der Waals surface area contributed by atoms with Crippen LogP contribution in [0.1, 0.15) is 20.3 Å². The maximum Gasteiger partial charge on any atom is 0.326 e. The zero-order valence-corrected chi connectivity index (χ0v) is 14.8. The molecule has 0 aromatic heterocycles. The zero-order chi connectivity index (χ0) is 18.0. The van der Waals surface area contributed by atoms with Crippen molar-refractivity contribution in [3.8, 4) is 0 Å². The van der Waals surface area contributed by atoms with Gasteiger partial charge in [0.15, 0.2) is 0 Å². The number of carboxylic acid groups (broad SMARTS) is 1. The SMILES string of the molecule is CC(C)[C@@H](NC(=O)[C@H]1CCN(c2cc(Cl)cc(Cl)c2)C1=O)C(=O)O. The molecule has 1 saturated heterocycles. The van der Waals surface area contributed by atoms with Crippen molar-refractivity contribution in [3.05, 3.63) is 28.2 Å². The van der Waals surface area contributed by atoms with Crippen LogP contribution in [0, 0.1) is 11.8 Å². The molecule has 1 aromatic rings. The Morgan fingerprint density at radius 3 is 2.33 bits per heavy atom. The van der Waals surface area contributed by atoms with Gasteiger partial charge in [-0.3, -0.25) is 9.59 Å². The van der Waals surface area contributed by atoms with E-state index in [2.05, 4.69) is 5.32 Å². The second-order valence-electron chi connectivity index (χ2n) is 6.03. The van der Waals surface area contributed by atoms with Gasteiger partial charge in [0.1, 0.15) is 12.0 Å². The quantitative estimate of drug-likeness (QED) is 0.777. The molecule has 1 aromatic carbocycles. The van der Waals surface area contributed by atoms with E-state index in [9.17, 15) is 14.4 Å². The molecule has 0 aliphatic carbocycles. The standard InChI is InChI=1S/C16H18Cl2N2O4/c1-8(2)13(16(23)24)19-14(21)12-3-4-20(15(12)22)11-6-9(17)5-10(18)7-11/h5-8,12-13H,3-4H2,1-2H3,(H,19,21)(H,23,24)/t12-,13-/m1/s1. The summed E-state index contributed by atoms with van der Waals surface area (Å²) in [5.74, 6) is -3.29. The van der Waals surface area contributed by atoms with Crippen molar-refractivity contribution >= 4 is 46.7 Å². The van der Waals surface area contributed by atoms with E-state index in [1.165, 1.54) is 4.90 Å². The Morgan fingerprint density at radius 2 is 1.83 bits per heavy atom. The van der Waals surface area contributed by atoms with Crippen molar-refractivity contribution in [3.63, 3.8) is 0 Å². The highest BCUT2D eigenvalue weighted by molar-refractivity contribution is 6.35. The Kier molecular flexibility index (Phi) is 5.72. The number of nitrogens with zero attached hydrogens (tertiary/aromatic N) is 1. The lowest BCUT2D eigenvalue weighted by Crippen LogP contribution is -2.48. The van der Waals surface area contributed by atoms with Crippen molar-refractivity contribution in [2.45, 2.75) is 26.3 Å². The number of carbonyl (C=O) groups excluding carboxylic acids is 2. The molecule has 2 amide bonds. The van der Waals surface area contributed by atoms with Crippen LogP contribution in [0.15, 0.2) is 18.2 Å². The van der Waals surface area contributed by atoms with E-state index in [1.54, 1.807) is 32.0 Å². The van der Waals surface area contributed by atoms with Gasteiger partial charge < -0.3 is 15.3 Å². The van der Waals surface area contributed by atoms with E-state index < -0.39 is 29.7 Å². The average molecular weight is 373 g/mol. The Morgan fingerprint density at radius 1 is 1.25 bits per heavy atom. The van der Waals surface area contributed by atoms with Crippen LogP contribution < -0.4 is 10.2 Å². The van der Waals surface area contributed by atoms with Crippen LogP contribution in [0.25, 0.3) is 0 Å². The molecule has 1 aliphatic rings. The molecule has 1 heterocycles. The largest absolute Gasteiger partial charge is 0.480 e. The summed E-state index contributed by atoms with van der Waals surface area (Å²) >= 11 is 11.9. The van der Waals surface area contributed by atoms with Gasteiger partial charge in [-0.05, 0) is 30.5 Å². The molecule has 24 heavy (non-hydrogen) atoms. The second kappa shape index (κ2) is 7.40. The summed E-state index contributed by atoms with van der Waals surface area (Å²) in [5, 5.41) is 12.4. The maximum absolute atomic E-state index is 12.5. The molecular weight excluding hydrogens is 355 g/mol. The molecule has 2 rings (SSSR count). The van der Waals surface area contributed by atoms with Crippen LogP contribution in [-0.2, 0) is 14.4 Å². The Labute approximate surface area is 149 Å². The number of rotatable bonds is 5. The van der Waals surface area contributed by atoms with E-state index in [1.807, 2.05) is 0 Å². The van der Waals surface area contributed by atoms with Crippen LogP contribution in [-0.4, -0.2) is 35.5 Å². The van der Waals surface area contributed by atoms with Gasteiger partial charge in [0.2, 0.25) is 11.8 Å². The van der Waals surface area contributed by atoms with Gasteiger partial charge >= 0.3 is 5.97 Å². The van der Waals surface area contributed by atoms with Gasteiger partial charge in [0, 0.05) is 22.3 Å². The number of aliphatic carboxylic acids is 1. The highest BCUT2D eigenvalue weighted by atomic mass is 35.5. The fraction of sp³-hybridized carbons (Fsp3) is 0.438. The number of carbonyl (C=O) groups is 3. The van der Waals surface area contributed by atoms with Gasteiger partial charge in [-0.1, -0.05) is 37.0 Å². The summed E-state index contributed by atoms with van der Waals surface area (Å²) in [7, 11) is 0. The number of anilines is 1. The monoisotopic (exact) mass is 372 g/mol. The van der Waals surface area contributed by atoms with Crippen molar-refractivity contribution in [1.29, 1.82) is 0 Å². The number of hydrogen-bond acceptors (Lipinski definition) is 3. The molecule has 130 valence electrons. The van der Waals surface area contributed by atoms with E-state index in [0.717, 1.165) is 0 Å². The third kappa shape index (κ3) is 3.99. The molecule has 6 nitrogen and oxygen atoms in total. The third-order valence-electron chi connectivity index (χ3n) is 3.91. The lowest BCUT2D eigenvalue weighted by Gasteiger charge is -2.20. The first-order valence-corrected chi connectivity index (χ1v) is 8.27. The van der Waals surface area contributed by atoms with Gasteiger partial charge in [0.05, 0.1) is 0 Å². The number of halogens is 2. The molecule has 0 bridgehead atoms. The fourth-order valence-corrected chi connectivity index (χ4v) is 3.16. The summed E-state index contributed by atoms with van der Waals surface area (Å²) in [6.45, 7) is 3.72. The average Bonchev–Trinajstić information content (AvgIpc) is 2.84. The minimum atomic E-state index is -1.12. The van der Waals surface area contributed by atoms with E-state index in [4.69, 9.17) is 28.3 Å². The molecule has 0 unspecified atom stereocenters. The fourth-order valence-electron chi connectivity index (χ4n) is 2.64. The molecular formula is C16H18Cl2N2O4. The van der Waals surface area contributed by atoms with Crippen LogP contribution in [0.3, 0.4) is 0 Å². The number of hydrogen-bond donors (Lipinski definition) is 2. The molecule has 0 radical (unpaired) electrons. The van der Waals surface area contributed by atoms with Crippen LogP contribution in [0.2, 0.25) is 10.0 Å². The molecule has 8 heteroatoms. The van der Waals surface area contributed by atoms with Crippen molar-refractivity contribution < 1.29 is 19.5 Å². The Balaban J connectivity index is 2.13.